The summed E-state index contributed by atoms with van der Waals surface area (Å²) in [6.07, 6.45) is 1.03. The second kappa shape index (κ2) is 6.51. The van der Waals surface area contributed by atoms with Crippen LogP contribution in [-0.2, 0) is 9.59 Å². The number of amides is 4. The van der Waals surface area contributed by atoms with Crippen molar-refractivity contribution in [2.45, 2.75) is 32.7 Å². The molecule has 0 aliphatic carbocycles. The van der Waals surface area contributed by atoms with Crippen molar-refractivity contribution in [2.24, 2.45) is 0 Å². The molecule has 0 unspecified atom stereocenters. The zero-order valence-electron chi connectivity index (χ0n) is 11.7. The Hall–Kier alpha value is -1.63. The lowest BCUT2D eigenvalue weighted by Crippen LogP contribution is -2.44. The Balaban J connectivity index is 2.33. The van der Waals surface area contributed by atoms with Crippen LogP contribution in [-0.4, -0.2) is 54.5 Å². The monoisotopic (exact) mass is 270 g/mol. The minimum atomic E-state index is -0.931. The Kier molecular flexibility index (Phi) is 5.29. The SMILES string of the molecule is CCCNCCNC(=O)CN1C(=O)NC(C)(C)C1=O. The molecule has 0 radical (unpaired) electrons. The van der Waals surface area contributed by atoms with Crippen LogP contribution >= 0.6 is 0 Å². The van der Waals surface area contributed by atoms with Gasteiger partial charge in [-0.15, -0.1) is 0 Å². The molecular formula is C12H22N4O3. The van der Waals surface area contributed by atoms with Crippen LogP contribution in [0.5, 0.6) is 0 Å². The van der Waals surface area contributed by atoms with Crippen LogP contribution in [0.4, 0.5) is 4.79 Å². The number of nitrogens with one attached hydrogen (secondary N) is 3. The maximum Gasteiger partial charge on any atom is 0.325 e. The zero-order chi connectivity index (χ0) is 14.5. The van der Waals surface area contributed by atoms with Crippen molar-refractivity contribution in [1.29, 1.82) is 0 Å². The molecule has 0 bridgehead atoms. The van der Waals surface area contributed by atoms with Crippen molar-refractivity contribution in [3.8, 4) is 0 Å². The molecule has 108 valence electrons. The van der Waals surface area contributed by atoms with E-state index in [4.69, 9.17) is 0 Å². The van der Waals surface area contributed by atoms with Gasteiger partial charge < -0.3 is 16.0 Å². The molecule has 19 heavy (non-hydrogen) atoms. The highest BCUT2D eigenvalue weighted by Gasteiger charge is 2.44. The summed E-state index contributed by atoms with van der Waals surface area (Å²) in [7, 11) is 0. The van der Waals surface area contributed by atoms with Gasteiger partial charge >= 0.3 is 6.03 Å². The summed E-state index contributed by atoms with van der Waals surface area (Å²) in [6.45, 7) is 7.10. The molecule has 0 aromatic rings. The predicted octanol–water partition coefficient (Wildman–Crippen LogP) is -0.567. The number of carbonyl (C=O) groups is 3. The minimum absolute atomic E-state index is 0.234. The molecule has 0 aromatic carbocycles. The van der Waals surface area contributed by atoms with Gasteiger partial charge in [-0.1, -0.05) is 6.92 Å². The van der Waals surface area contributed by atoms with E-state index in [2.05, 4.69) is 22.9 Å². The number of nitrogens with zero attached hydrogens (tertiary/aromatic N) is 1. The standard InChI is InChI=1S/C12H22N4O3/c1-4-5-13-6-7-14-9(17)8-16-10(18)12(2,3)15-11(16)19/h13H,4-8H2,1-3H3,(H,14,17)(H,15,19). The highest BCUT2D eigenvalue weighted by molar-refractivity contribution is 6.08. The molecule has 0 saturated carbocycles. The smallest absolute Gasteiger partial charge is 0.325 e. The Labute approximate surface area is 113 Å². The molecule has 1 rings (SSSR count). The number of rotatable bonds is 7. The van der Waals surface area contributed by atoms with E-state index in [1.54, 1.807) is 13.8 Å². The molecule has 1 heterocycles. The maximum absolute atomic E-state index is 11.8. The number of hydrogen-bond donors (Lipinski definition) is 3. The quantitative estimate of drug-likeness (QED) is 0.427. The van der Waals surface area contributed by atoms with E-state index in [0.717, 1.165) is 17.9 Å². The van der Waals surface area contributed by atoms with Crippen LogP contribution in [0.15, 0.2) is 0 Å². The van der Waals surface area contributed by atoms with Crippen LogP contribution < -0.4 is 16.0 Å². The van der Waals surface area contributed by atoms with Crippen LogP contribution in [0.3, 0.4) is 0 Å². The normalized spacial score (nSPS) is 17.5. The van der Waals surface area contributed by atoms with Crippen molar-refractivity contribution >= 4 is 17.8 Å². The van der Waals surface area contributed by atoms with E-state index < -0.39 is 11.6 Å². The number of imide groups is 1. The Morgan fingerprint density at radius 2 is 1.95 bits per heavy atom. The summed E-state index contributed by atoms with van der Waals surface area (Å²) < 4.78 is 0. The third-order valence-electron chi connectivity index (χ3n) is 2.80. The summed E-state index contributed by atoms with van der Waals surface area (Å²) in [5, 5.41) is 8.33. The molecule has 0 spiro atoms. The first kappa shape index (κ1) is 15.4. The van der Waals surface area contributed by atoms with Crippen LogP contribution in [0.1, 0.15) is 27.2 Å². The van der Waals surface area contributed by atoms with Gasteiger partial charge in [0.05, 0.1) is 0 Å². The third-order valence-corrected chi connectivity index (χ3v) is 2.80. The molecule has 1 aliphatic heterocycles. The van der Waals surface area contributed by atoms with Crippen molar-refractivity contribution in [3.05, 3.63) is 0 Å². The molecule has 7 nitrogen and oxygen atoms in total. The van der Waals surface area contributed by atoms with Gasteiger partial charge in [0.2, 0.25) is 5.91 Å². The Bertz CT molecular complexity index is 368. The summed E-state index contributed by atoms with van der Waals surface area (Å²) in [6, 6.07) is -0.519. The van der Waals surface area contributed by atoms with Gasteiger partial charge in [-0.2, -0.15) is 0 Å². The first-order chi connectivity index (χ1) is 8.88. The molecule has 4 amide bonds. The molecule has 1 aliphatic rings. The van der Waals surface area contributed by atoms with Gasteiger partial charge in [0.1, 0.15) is 12.1 Å². The Morgan fingerprint density at radius 3 is 2.47 bits per heavy atom. The van der Waals surface area contributed by atoms with Crippen molar-refractivity contribution in [2.75, 3.05) is 26.2 Å². The lowest BCUT2D eigenvalue weighted by molar-refractivity contribution is -0.134. The number of hydrogen-bond acceptors (Lipinski definition) is 4. The lowest BCUT2D eigenvalue weighted by atomic mass is 10.1. The van der Waals surface area contributed by atoms with Crippen LogP contribution in [0.25, 0.3) is 0 Å². The summed E-state index contributed by atoms with van der Waals surface area (Å²) >= 11 is 0. The van der Waals surface area contributed by atoms with E-state index >= 15 is 0 Å². The highest BCUT2D eigenvalue weighted by atomic mass is 16.2. The second-order valence-electron chi connectivity index (χ2n) is 5.05. The van der Waals surface area contributed by atoms with E-state index in [1.165, 1.54) is 0 Å². The van der Waals surface area contributed by atoms with Crippen LogP contribution in [0.2, 0.25) is 0 Å². The molecule has 7 heteroatoms. The van der Waals surface area contributed by atoms with E-state index in [-0.39, 0.29) is 18.4 Å². The van der Waals surface area contributed by atoms with E-state index in [9.17, 15) is 14.4 Å². The van der Waals surface area contributed by atoms with Gasteiger partial charge in [0, 0.05) is 13.1 Å². The average Bonchev–Trinajstić information content (AvgIpc) is 2.51. The summed E-state index contributed by atoms with van der Waals surface area (Å²) in [4.78, 5) is 36.0. The average molecular weight is 270 g/mol. The fraction of sp³-hybridized carbons (Fsp3) is 0.750. The lowest BCUT2D eigenvalue weighted by Gasteiger charge is -2.15. The topological polar surface area (TPSA) is 90.5 Å². The fourth-order valence-electron chi connectivity index (χ4n) is 1.75. The van der Waals surface area contributed by atoms with Crippen molar-refractivity contribution in [3.63, 3.8) is 0 Å². The van der Waals surface area contributed by atoms with Crippen molar-refractivity contribution < 1.29 is 14.4 Å². The van der Waals surface area contributed by atoms with Crippen LogP contribution in [0, 0.1) is 0 Å². The number of carbonyl (C=O) groups excluding carboxylic acids is 3. The van der Waals surface area contributed by atoms with Gasteiger partial charge in [-0.3, -0.25) is 14.5 Å². The zero-order valence-corrected chi connectivity index (χ0v) is 11.7. The van der Waals surface area contributed by atoms with Gasteiger partial charge in [-0.25, -0.2) is 4.79 Å². The molecular weight excluding hydrogens is 248 g/mol. The molecule has 1 saturated heterocycles. The minimum Gasteiger partial charge on any atom is -0.353 e. The summed E-state index contributed by atoms with van der Waals surface area (Å²) in [5.74, 6) is -0.712. The van der Waals surface area contributed by atoms with E-state index in [1.807, 2.05) is 0 Å². The molecule has 1 fully saturated rings. The second-order valence-corrected chi connectivity index (χ2v) is 5.05. The predicted molar refractivity (Wildman–Crippen MR) is 70.5 cm³/mol. The third kappa shape index (κ3) is 4.20. The first-order valence-corrected chi connectivity index (χ1v) is 6.50. The molecule has 0 atom stereocenters. The van der Waals surface area contributed by atoms with Gasteiger partial charge in [0.25, 0.3) is 5.91 Å². The largest absolute Gasteiger partial charge is 0.353 e. The maximum atomic E-state index is 11.8. The highest BCUT2D eigenvalue weighted by Crippen LogP contribution is 2.15. The van der Waals surface area contributed by atoms with Crippen molar-refractivity contribution in [1.82, 2.24) is 20.9 Å². The van der Waals surface area contributed by atoms with Gasteiger partial charge in [-0.05, 0) is 26.8 Å². The fourth-order valence-corrected chi connectivity index (χ4v) is 1.75. The Morgan fingerprint density at radius 1 is 1.26 bits per heavy atom. The van der Waals surface area contributed by atoms with Gasteiger partial charge in [0.15, 0.2) is 0 Å². The number of urea groups is 1. The first-order valence-electron chi connectivity index (χ1n) is 6.50. The molecule has 0 aromatic heterocycles. The van der Waals surface area contributed by atoms with E-state index in [0.29, 0.717) is 13.1 Å². The summed E-state index contributed by atoms with van der Waals surface area (Å²) in [5.41, 5.74) is -0.931. The molecule has 3 N–H and O–H groups in total.